The van der Waals surface area contributed by atoms with Gasteiger partial charge in [0.2, 0.25) is 0 Å². The number of carbonyl (C=O) groups is 7. The van der Waals surface area contributed by atoms with Crippen LogP contribution in [0.1, 0.15) is 67.7 Å². The Morgan fingerprint density at radius 1 is 0.762 bits per heavy atom. The number of carboxylic acid groups (broad SMARTS) is 4. The monoisotopic (exact) mass is 892 g/mol. The quantitative estimate of drug-likeness (QED) is 0.0506. The minimum absolute atomic E-state index is 0.118. The van der Waals surface area contributed by atoms with Crippen LogP contribution < -0.4 is 21.3 Å². The molecule has 2 aromatic carbocycles. The van der Waals surface area contributed by atoms with Gasteiger partial charge in [-0.25, -0.2) is 24.8 Å². The Labute approximate surface area is 347 Å². The van der Waals surface area contributed by atoms with Crippen molar-refractivity contribution in [3.8, 4) is 17.1 Å². The number of hydrogen-bond acceptors (Lipinski definition) is 13. The summed E-state index contributed by atoms with van der Waals surface area (Å²) in [7, 11) is 0. The maximum Gasteiger partial charge on any atom is 0.417 e. The normalized spacial score (nSPS) is 12.7. The molecule has 0 aliphatic rings. The summed E-state index contributed by atoms with van der Waals surface area (Å²) in [6, 6.07) is 2.33. The molecular weight excluding hydrogens is 862 g/mol. The summed E-state index contributed by atoms with van der Waals surface area (Å²) >= 11 is 0. The van der Waals surface area contributed by atoms with Crippen molar-refractivity contribution in [2.24, 2.45) is 5.11 Å². The van der Waals surface area contributed by atoms with Gasteiger partial charge in [0.05, 0.1) is 58.4 Å². The number of halogens is 6. The number of pyridine rings is 1. The predicted octanol–water partition coefficient (Wildman–Crippen LogP) is 3.87. The highest BCUT2D eigenvalue weighted by atomic mass is 19.4. The molecule has 0 unspecified atom stereocenters. The second kappa shape index (κ2) is 19.4. The van der Waals surface area contributed by atoms with Crippen molar-refractivity contribution in [1.82, 2.24) is 35.9 Å². The van der Waals surface area contributed by atoms with Crippen LogP contribution in [-0.2, 0) is 31.5 Å². The number of amides is 3. The SMILES string of the molecule is CCNC(=O)c1cc(/C(=C/Nc2ccc(C(=O)N[C@@H](CC(=O)O)C(=O)O)c(C(F)(F)F)c2)N=N)nc(-c2cn(-c3ccc(C(=O)N[C@@H](CC(=O)O)C(=O)O)c(C(F)(F)F)c3)nn2)c1. The maximum atomic E-state index is 14.2. The molecule has 2 atom stereocenters. The number of aromatic nitrogens is 4. The Balaban J connectivity index is 1.72. The third-order valence-electron chi connectivity index (χ3n) is 8.29. The Kier molecular flexibility index (Phi) is 14.6. The minimum atomic E-state index is -5.22. The van der Waals surface area contributed by atoms with Crippen LogP contribution in [0.4, 0.5) is 32.0 Å². The number of anilines is 1. The molecule has 0 aliphatic carbocycles. The van der Waals surface area contributed by atoms with Gasteiger partial charge in [0, 0.05) is 24.0 Å². The van der Waals surface area contributed by atoms with E-state index in [1.54, 1.807) is 17.6 Å². The Morgan fingerprint density at radius 3 is 1.79 bits per heavy atom. The number of carbonyl (C=O) groups excluding carboxylic acids is 3. The van der Waals surface area contributed by atoms with E-state index in [4.69, 9.17) is 15.7 Å². The van der Waals surface area contributed by atoms with Crippen LogP contribution in [0.5, 0.6) is 0 Å². The van der Waals surface area contributed by atoms with Gasteiger partial charge in [-0.05, 0) is 55.5 Å². The van der Waals surface area contributed by atoms with E-state index in [1.807, 2.05) is 0 Å². The molecule has 332 valence electrons. The molecule has 0 spiro atoms. The van der Waals surface area contributed by atoms with Crippen LogP contribution in [0.2, 0.25) is 0 Å². The summed E-state index contributed by atoms with van der Waals surface area (Å²) in [5.41, 5.74) is 0.489. The predicted molar refractivity (Wildman–Crippen MR) is 198 cm³/mol. The van der Waals surface area contributed by atoms with Crippen LogP contribution in [0, 0.1) is 5.53 Å². The lowest BCUT2D eigenvalue weighted by Crippen LogP contribution is -2.42. The van der Waals surface area contributed by atoms with E-state index >= 15 is 0 Å². The molecule has 4 rings (SSSR count). The average Bonchev–Trinajstić information content (AvgIpc) is 3.70. The number of nitrogens with one attached hydrogen (secondary N) is 5. The molecule has 21 nitrogen and oxygen atoms in total. The second-order valence-electron chi connectivity index (χ2n) is 12.7. The molecular formula is C36H30F6N10O11. The van der Waals surface area contributed by atoms with Gasteiger partial charge in [-0.15, -0.1) is 5.10 Å². The van der Waals surface area contributed by atoms with Crippen LogP contribution in [0.3, 0.4) is 0 Å². The maximum absolute atomic E-state index is 14.2. The van der Waals surface area contributed by atoms with E-state index in [-0.39, 0.29) is 40.6 Å². The Bertz CT molecular complexity index is 2520. The highest BCUT2D eigenvalue weighted by Crippen LogP contribution is 2.35. The molecule has 0 bridgehead atoms. The van der Waals surface area contributed by atoms with E-state index in [0.717, 1.165) is 35.3 Å². The first kappa shape index (κ1) is 47.4. The van der Waals surface area contributed by atoms with Gasteiger partial charge in [0.25, 0.3) is 17.7 Å². The molecule has 4 aromatic rings. The van der Waals surface area contributed by atoms with Crippen LogP contribution in [0.15, 0.2) is 66.0 Å². The van der Waals surface area contributed by atoms with E-state index in [9.17, 15) is 70.1 Å². The first-order valence-corrected chi connectivity index (χ1v) is 17.4. The zero-order valence-corrected chi connectivity index (χ0v) is 31.7. The number of rotatable bonds is 18. The molecule has 2 aromatic heterocycles. The van der Waals surface area contributed by atoms with Gasteiger partial charge in [-0.2, -0.15) is 31.5 Å². The van der Waals surface area contributed by atoms with Gasteiger partial charge in [0.15, 0.2) is 0 Å². The van der Waals surface area contributed by atoms with Gasteiger partial charge in [-0.3, -0.25) is 24.0 Å². The van der Waals surface area contributed by atoms with E-state index < -0.39 is 107 Å². The number of carboxylic acids is 4. The largest absolute Gasteiger partial charge is 0.481 e. The third kappa shape index (κ3) is 12.2. The minimum Gasteiger partial charge on any atom is -0.481 e. The highest BCUT2D eigenvalue weighted by molar-refractivity contribution is 6.00. The van der Waals surface area contributed by atoms with Crippen molar-refractivity contribution < 1.29 is 80.3 Å². The standard InChI is InChI=1S/C36H30F6N10O11/c1-2-44-30(57)15-7-22(26(49-43)13-45-16-3-5-18(20(9-16)35(37,38)39)31(58)47-24(33(60)61)11-28(53)54)46-23(8-15)27-14-52(51-50-27)17-4-6-19(21(10-17)36(40,41)42)32(59)48-25(34(62)63)12-29(55)56/h3-10,13-14,24-25,43,45H,2,11-12H2,1H3,(H,44,57)(H,47,58)(H,48,59)(H,53,54)(H,55,56)(H,60,61)(H,62,63)/b26-13-,49-43?/t24-,25-/m0/s1. The molecule has 63 heavy (non-hydrogen) atoms. The fourth-order valence-electron chi connectivity index (χ4n) is 5.40. The fraction of sp³-hybridized carbons (Fsp3) is 0.222. The molecule has 0 aliphatic heterocycles. The number of nitrogens with zero attached hydrogens (tertiary/aromatic N) is 5. The first-order chi connectivity index (χ1) is 29.4. The van der Waals surface area contributed by atoms with Crippen molar-refractivity contribution in [3.63, 3.8) is 0 Å². The topological polar surface area (TPSA) is 328 Å². The summed E-state index contributed by atoms with van der Waals surface area (Å²) in [5.74, 6) is -10.8. The average molecular weight is 893 g/mol. The second-order valence-corrected chi connectivity index (χ2v) is 12.7. The molecule has 3 amide bonds. The molecule has 2 heterocycles. The van der Waals surface area contributed by atoms with Crippen LogP contribution in [-0.4, -0.2) is 101 Å². The van der Waals surface area contributed by atoms with Crippen molar-refractivity contribution >= 4 is 53.0 Å². The number of hydrogen-bond donors (Lipinski definition) is 9. The summed E-state index contributed by atoms with van der Waals surface area (Å²) in [6.45, 7) is 1.70. The van der Waals surface area contributed by atoms with Crippen molar-refractivity contribution in [2.75, 3.05) is 11.9 Å². The third-order valence-corrected chi connectivity index (χ3v) is 8.29. The lowest BCUT2D eigenvalue weighted by atomic mass is 10.0. The first-order valence-electron chi connectivity index (χ1n) is 17.4. The molecule has 0 saturated heterocycles. The molecule has 9 N–H and O–H groups in total. The molecule has 27 heteroatoms. The molecule has 0 saturated carbocycles. The fourth-order valence-corrected chi connectivity index (χ4v) is 5.40. The highest BCUT2D eigenvalue weighted by Gasteiger charge is 2.38. The summed E-state index contributed by atoms with van der Waals surface area (Å²) in [4.78, 5) is 87.4. The summed E-state index contributed by atoms with van der Waals surface area (Å²) < 4.78 is 85.7. The van der Waals surface area contributed by atoms with Gasteiger partial charge < -0.3 is 41.7 Å². The van der Waals surface area contributed by atoms with Crippen molar-refractivity contribution in [2.45, 2.75) is 44.2 Å². The number of alkyl halides is 6. The molecule has 0 fully saturated rings. The van der Waals surface area contributed by atoms with E-state index in [1.165, 1.54) is 6.07 Å². The summed E-state index contributed by atoms with van der Waals surface area (Å²) in [6.07, 6.45) is -10.8. The van der Waals surface area contributed by atoms with Gasteiger partial charge in [-0.1, -0.05) is 5.21 Å². The smallest absolute Gasteiger partial charge is 0.417 e. The zero-order chi connectivity index (χ0) is 47.0. The lowest BCUT2D eigenvalue weighted by Gasteiger charge is -2.17. The zero-order valence-electron chi connectivity index (χ0n) is 31.7. The Morgan fingerprint density at radius 2 is 1.30 bits per heavy atom. The van der Waals surface area contributed by atoms with E-state index in [0.29, 0.717) is 24.3 Å². The number of aliphatic carboxylic acids is 4. The summed E-state index contributed by atoms with van der Waals surface area (Å²) in [5, 5.41) is 55.6. The van der Waals surface area contributed by atoms with Crippen LogP contribution in [0.25, 0.3) is 22.8 Å². The van der Waals surface area contributed by atoms with Gasteiger partial charge in [0.1, 0.15) is 23.5 Å². The number of benzene rings is 2. The molecule has 0 radical (unpaired) electrons. The van der Waals surface area contributed by atoms with Crippen LogP contribution >= 0.6 is 0 Å². The van der Waals surface area contributed by atoms with E-state index in [2.05, 4.69) is 31.0 Å². The van der Waals surface area contributed by atoms with Crippen molar-refractivity contribution in [1.29, 1.82) is 5.53 Å². The Hall–Kier alpha value is -8.26. The lowest BCUT2D eigenvalue weighted by molar-refractivity contribution is -0.145. The van der Waals surface area contributed by atoms with Crippen molar-refractivity contribution in [3.05, 3.63) is 94.4 Å². The van der Waals surface area contributed by atoms with Gasteiger partial charge >= 0.3 is 36.2 Å².